The molecule has 2 aromatic rings. The Labute approximate surface area is 124 Å². The van der Waals surface area contributed by atoms with E-state index in [1.54, 1.807) is 23.6 Å². The molecule has 1 aromatic heterocycles. The van der Waals surface area contributed by atoms with E-state index >= 15 is 0 Å². The number of hydrogen-bond acceptors (Lipinski definition) is 4. The van der Waals surface area contributed by atoms with Gasteiger partial charge in [-0.2, -0.15) is 0 Å². The van der Waals surface area contributed by atoms with Gasteiger partial charge < -0.3 is 20.7 Å². The van der Waals surface area contributed by atoms with Crippen molar-refractivity contribution in [3.63, 3.8) is 0 Å². The topological polar surface area (TPSA) is 93.2 Å². The normalized spacial score (nSPS) is 12.8. The Bertz CT molecular complexity index is 648. The van der Waals surface area contributed by atoms with Gasteiger partial charge in [0.05, 0.1) is 11.0 Å². The highest BCUT2D eigenvalue weighted by Gasteiger charge is 2.21. The summed E-state index contributed by atoms with van der Waals surface area (Å²) in [7, 11) is 0. The molecule has 0 saturated heterocycles. The molecule has 0 aliphatic heterocycles. The summed E-state index contributed by atoms with van der Waals surface area (Å²) in [6.07, 6.45) is 0. The number of nitrogen functional groups attached to an aromatic ring is 1. The zero-order chi connectivity index (χ0) is 15.6. The summed E-state index contributed by atoms with van der Waals surface area (Å²) in [5, 5.41) is 12.4. The first-order chi connectivity index (χ1) is 9.93. The molecular formula is C15H22N4O2. The number of amides is 1. The van der Waals surface area contributed by atoms with Crippen molar-refractivity contribution in [3.05, 3.63) is 24.0 Å². The minimum atomic E-state index is -0.445. The summed E-state index contributed by atoms with van der Waals surface area (Å²) >= 11 is 0. The number of imidazole rings is 1. The van der Waals surface area contributed by atoms with E-state index in [-0.39, 0.29) is 12.5 Å². The molecule has 4 N–H and O–H groups in total. The maximum absolute atomic E-state index is 12.3. The number of aromatic nitrogens is 2. The summed E-state index contributed by atoms with van der Waals surface area (Å²) in [5.74, 6) is 0.759. The fourth-order valence-electron chi connectivity index (χ4n) is 2.28. The Balaban J connectivity index is 2.37. The number of rotatable bonds is 5. The van der Waals surface area contributed by atoms with Crippen LogP contribution in [0.5, 0.6) is 0 Å². The van der Waals surface area contributed by atoms with Gasteiger partial charge in [-0.3, -0.25) is 4.79 Å². The van der Waals surface area contributed by atoms with E-state index in [2.05, 4.69) is 10.3 Å². The third-order valence-corrected chi connectivity index (χ3v) is 3.38. The number of carbonyl (C=O) groups is 1. The molecule has 0 spiro atoms. The van der Waals surface area contributed by atoms with Crippen molar-refractivity contribution in [1.29, 1.82) is 0 Å². The molecule has 114 valence electrons. The Morgan fingerprint density at radius 2 is 2.14 bits per heavy atom. The van der Waals surface area contributed by atoms with E-state index in [1.165, 1.54) is 0 Å². The number of nitrogens with two attached hydrogens (primary N) is 1. The second-order valence-electron chi connectivity index (χ2n) is 5.62. The Kier molecular flexibility index (Phi) is 4.47. The van der Waals surface area contributed by atoms with E-state index in [1.807, 2.05) is 19.9 Å². The summed E-state index contributed by atoms with van der Waals surface area (Å²) in [5.41, 5.74) is 7.83. The smallest absolute Gasteiger partial charge is 0.242 e. The third kappa shape index (κ3) is 3.16. The van der Waals surface area contributed by atoms with Crippen molar-refractivity contribution in [3.8, 4) is 0 Å². The number of nitrogens with one attached hydrogen (secondary N) is 1. The van der Waals surface area contributed by atoms with Crippen molar-refractivity contribution in [2.45, 2.75) is 33.4 Å². The van der Waals surface area contributed by atoms with Crippen molar-refractivity contribution < 1.29 is 9.90 Å². The maximum Gasteiger partial charge on any atom is 0.242 e. The van der Waals surface area contributed by atoms with Crippen LogP contribution in [0.1, 0.15) is 32.6 Å². The molecule has 0 bridgehead atoms. The van der Waals surface area contributed by atoms with Crippen molar-refractivity contribution >= 4 is 22.6 Å². The van der Waals surface area contributed by atoms with Gasteiger partial charge in [-0.05, 0) is 31.0 Å². The van der Waals surface area contributed by atoms with E-state index < -0.39 is 6.04 Å². The molecular weight excluding hydrogens is 268 g/mol. The standard InChI is InChI=1S/C15H22N4O2/c1-9(2)7-17-15(21)10(3)19-13-5-4-11(16)6-12(13)18-14(19)8-20/h4-6,9-10,20H,7-8,16H2,1-3H3,(H,17,21). The van der Waals surface area contributed by atoms with Gasteiger partial charge >= 0.3 is 0 Å². The minimum absolute atomic E-state index is 0.0884. The van der Waals surface area contributed by atoms with Crippen LogP contribution >= 0.6 is 0 Å². The predicted molar refractivity (Wildman–Crippen MR) is 82.6 cm³/mol. The van der Waals surface area contributed by atoms with Gasteiger partial charge in [0.25, 0.3) is 0 Å². The highest BCUT2D eigenvalue weighted by molar-refractivity contribution is 5.85. The van der Waals surface area contributed by atoms with Crippen molar-refractivity contribution in [1.82, 2.24) is 14.9 Å². The van der Waals surface area contributed by atoms with Crippen LogP contribution in [0, 0.1) is 5.92 Å². The zero-order valence-electron chi connectivity index (χ0n) is 12.6. The van der Waals surface area contributed by atoms with Gasteiger partial charge in [-0.15, -0.1) is 0 Å². The Hall–Kier alpha value is -2.08. The summed E-state index contributed by atoms with van der Waals surface area (Å²) in [6, 6.07) is 4.88. The fourth-order valence-corrected chi connectivity index (χ4v) is 2.28. The number of carbonyl (C=O) groups excluding carboxylic acids is 1. The lowest BCUT2D eigenvalue weighted by atomic mass is 10.2. The first kappa shape index (κ1) is 15.3. The van der Waals surface area contributed by atoms with Gasteiger partial charge in [0.1, 0.15) is 18.5 Å². The molecule has 1 unspecified atom stereocenters. The van der Waals surface area contributed by atoms with E-state index in [9.17, 15) is 9.90 Å². The number of aliphatic hydroxyl groups excluding tert-OH is 1. The summed E-state index contributed by atoms with van der Waals surface area (Å²) in [6.45, 7) is 6.28. The molecule has 1 atom stereocenters. The summed E-state index contributed by atoms with van der Waals surface area (Å²) < 4.78 is 1.75. The molecule has 1 aromatic carbocycles. The Morgan fingerprint density at radius 1 is 1.43 bits per heavy atom. The van der Waals surface area contributed by atoms with Crippen LogP contribution in [0.15, 0.2) is 18.2 Å². The molecule has 2 rings (SSSR count). The number of nitrogens with zero attached hydrogens (tertiary/aromatic N) is 2. The highest BCUT2D eigenvalue weighted by Crippen LogP contribution is 2.23. The molecule has 1 amide bonds. The second kappa shape index (κ2) is 6.13. The predicted octanol–water partition coefficient (Wildman–Crippen LogP) is 1.44. The van der Waals surface area contributed by atoms with Crippen LogP contribution in [0.2, 0.25) is 0 Å². The molecule has 21 heavy (non-hydrogen) atoms. The molecule has 0 radical (unpaired) electrons. The van der Waals surface area contributed by atoms with Crippen LogP contribution in [0.4, 0.5) is 5.69 Å². The minimum Gasteiger partial charge on any atom is -0.399 e. The fraction of sp³-hybridized carbons (Fsp3) is 0.467. The van der Waals surface area contributed by atoms with Gasteiger partial charge in [-0.1, -0.05) is 13.8 Å². The lowest BCUT2D eigenvalue weighted by molar-refractivity contribution is -0.124. The SMILES string of the molecule is CC(C)CNC(=O)C(C)n1c(CO)nc2cc(N)ccc21. The first-order valence-corrected chi connectivity index (χ1v) is 7.09. The number of anilines is 1. The molecule has 1 heterocycles. The number of fused-ring (bicyclic) bond motifs is 1. The molecule has 0 fully saturated rings. The largest absolute Gasteiger partial charge is 0.399 e. The molecule has 0 saturated carbocycles. The second-order valence-corrected chi connectivity index (χ2v) is 5.62. The van der Waals surface area contributed by atoms with Crippen LogP contribution < -0.4 is 11.1 Å². The molecule has 6 heteroatoms. The quantitative estimate of drug-likeness (QED) is 0.726. The number of aliphatic hydroxyl groups is 1. The average molecular weight is 290 g/mol. The van der Waals surface area contributed by atoms with Crippen LogP contribution in [-0.2, 0) is 11.4 Å². The van der Waals surface area contributed by atoms with Gasteiger partial charge in [-0.25, -0.2) is 4.98 Å². The number of benzene rings is 1. The Morgan fingerprint density at radius 3 is 2.76 bits per heavy atom. The van der Waals surface area contributed by atoms with E-state index in [0.29, 0.717) is 29.5 Å². The van der Waals surface area contributed by atoms with Gasteiger partial charge in [0.2, 0.25) is 5.91 Å². The van der Waals surface area contributed by atoms with E-state index in [0.717, 1.165) is 5.52 Å². The van der Waals surface area contributed by atoms with Gasteiger partial charge in [0.15, 0.2) is 0 Å². The maximum atomic E-state index is 12.3. The third-order valence-electron chi connectivity index (χ3n) is 3.38. The monoisotopic (exact) mass is 290 g/mol. The van der Waals surface area contributed by atoms with E-state index in [4.69, 9.17) is 5.73 Å². The molecule has 0 aliphatic rings. The molecule has 6 nitrogen and oxygen atoms in total. The van der Waals surface area contributed by atoms with Gasteiger partial charge in [0, 0.05) is 12.2 Å². The van der Waals surface area contributed by atoms with Crippen LogP contribution in [-0.4, -0.2) is 27.1 Å². The molecule has 0 aliphatic carbocycles. The summed E-state index contributed by atoms with van der Waals surface area (Å²) in [4.78, 5) is 16.6. The lowest BCUT2D eigenvalue weighted by Crippen LogP contribution is -2.34. The lowest BCUT2D eigenvalue weighted by Gasteiger charge is -2.17. The average Bonchev–Trinajstić information content (AvgIpc) is 2.81. The van der Waals surface area contributed by atoms with Crippen molar-refractivity contribution in [2.75, 3.05) is 12.3 Å². The first-order valence-electron chi connectivity index (χ1n) is 7.09. The van der Waals surface area contributed by atoms with Crippen LogP contribution in [0.25, 0.3) is 11.0 Å². The van der Waals surface area contributed by atoms with Crippen LogP contribution in [0.3, 0.4) is 0 Å². The number of hydrogen-bond donors (Lipinski definition) is 3. The van der Waals surface area contributed by atoms with Crippen molar-refractivity contribution in [2.24, 2.45) is 5.92 Å². The highest BCUT2D eigenvalue weighted by atomic mass is 16.3. The zero-order valence-corrected chi connectivity index (χ0v) is 12.6.